The van der Waals surface area contributed by atoms with Crippen LogP contribution in [-0.4, -0.2) is 68.3 Å². The average Bonchev–Trinajstić information content (AvgIpc) is 3.51. The lowest BCUT2D eigenvalue weighted by Crippen LogP contribution is -2.47. The molecule has 6 rings (SSSR count). The number of hydrogen-bond acceptors (Lipinski definition) is 7. The van der Waals surface area contributed by atoms with Crippen LogP contribution in [0.1, 0.15) is 24.8 Å². The number of pyridine rings is 1. The smallest absolute Gasteiger partial charge is 0.225 e. The molecule has 0 aromatic carbocycles. The average molecular weight is 459 g/mol. The molecule has 9 heteroatoms. The Labute approximate surface area is 199 Å². The fourth-order valence-electron chi connectivity index (χ4n) is 4.95. The number of piperazine rings is 1. The first-order chi connectivity index (χ1) is 16.7. The van der Waals surface area contributed by atoms with E-state index in [1.807, 2.05) is 47.2 Å². The largest absolute Gasteiger partial charge is 0.378 e. The highest BCUT2D eigenvalue weighted by atomic mass is 16.5. The SMILES string of the molecule is Cn1cc(-c2ccc3c(N4CCN(c5ncc(CC6CCCCO6)cn5)CC4)cnn3c2)cn1. The van der Waals surface area contributed by atoms with Gasteiger partial charge in [0.05, 0.1) is 29.7 Å². The van der Waals surface area contributed by atoms with Crippen molar-refractivity contribution in [3.63, 3.8) is 0 Å². The molecule has 2 aliphatic rings. The summed E-state index contributed by atoms with van der Waals surface area (Å²) in [6.45, 7) is 4.47. The van der Waals surface area contributed by atoms with E-state index in [1.54, 1.807) is 0 Å². The number of nitrogens with zero attached hydrogens (tertiary/aromatic N) is 8. The van der Waals surface area contributed by atoms with Crippen LogP contribution in [0.25, 0.3) is 16.6 Å². The highest BCUT2D eigenvalue weighted by molar-refractivity contribution is 5.75. The van der Waals surface area contributed by atoms with E-state index in [1.165, 1.54) is 18.5 Å². The van der Waals surface area contributed by atoms with E-state index < -0.39 is 0 Å². The van der Waals surface area contributed by atoms with Crippen LogP contribution in [0.4, 0.5) is 11.6 Å². The number of aromatic nitrogens is 6. The van der Waals surface area contributed by atoms with Crippen molar-refractivity contribution in [3.05, 3.63) is 54.9 Å². The predicted molar refractivity (Wildman–Crippen MR) is 131 cm³/mol. The van der Waals surface area contributed by atoms with Gasteiger partial charge in [-0.3, -0.25) is 4.68 Å². The van der Waals surface area contributed by atoms with E-state index >= 15 is 0 Å². The molecule has 4 aromatic rings. The second kappa shape index (κ2) is 9.06. The molecule has 0 N–H and O–H groups in total. The lowest BCUT2D eigenvalue weighted by Gasteiger charge is -2.35. The van der Waals surface area contributed by atoms with Gasteiger partial charge in [0.15, 0.2) is 0 Å². The van der Waals surface area contributed by atoms with Crippen LogP contribution in [0.15, 0.2) is 49.3 Å². The molecule has 2 fully saturated rings. The third kappa shape index (κ3) is 4.23. The predicted octanol–water partition coefficient (Wildman–Crippen LogP) is 2.96. The van der Waals surface area contributed by atoms with E-state index in [0.29, 0.717) is 6.10 Å². The molecular formula is C25H30N8O. The molecule has 176 valence electrons. The van der Waals surface area contributed by atoms with E-state index in [9.17, 15) is 0 Å². The molecule has 34 heavy (non-hydrogen) atoms. The van der Waals surface area contributed by atoms with Gasteiger partial charge in [0, 0.05) is 82.2 Å². The Morgan fingerprint density at radius 1 is 0.882 bits per heavy atom. The van der Waals surface area contributed by atoms with Gasteiger partial charge in [0.2, 0.25) is 5.95 Å². The van der Waals surface area contributed by atoms with Crippen LogP contribution in [0.3, 0.4) is 0 Å². The molecule has 1 atom stereocenters. The topological polar surface area (TPSA) is 76.6 Å². The Morgan fingerprint density at radius 3 is 2.44 bits per heavy atom. The Balaban J connectivity index is 1.10. The van der Waals surface area contributed by atoms with Gasteiger partial charge in [-0.05, 0) is 30.9 Å². The zero-order valence-corrected chi connectivity index (χ0v) is 19.5. The summed E-state index contributed by atoms with van der Waals surface area (Å²) in [6.07, 6.45) is 16.7. The number of rotatable bonds is 5. The van der Waals surface area contributed by atoms with Crippen molar-refractivity contribution in [1.29, 1.82) is 0 Å². The van der Waals surface area contributed by atoms with Crippen molar-refractivity contribution in [1.82, 2.24) is 29.4 Å². The lowest BCUT2D eigenvalue weighted by atomic mass is 10.0. The molecule has 0 bridgehead atoms. The van der Waals surface area contributed by atoms with Crippen molar-refractivity contribution in [2.24, 2.45) is 7.05 Å². The third-order valence-corrected chi connectivity index (χ3v) is 6.87. The van der Waals surface area contributed by atoms with Crippen molar-refractivity contribution < 1.29 is 4.74 Å². The zero-order chi connectivity index (χ0) is 22.9. The van der Waals surface area contributed by atoms with Crippen molar-refractivity contribution >= 4 is 17.2 Å². The van der Waals surface area contributed by atoms with Gasteiger partial charge in [-0.1, -0.05) is 6.07 Å². The summed E-state index contributed by atoms with van der Waals surface area (Å²) >= 11 is 0. The molecule has 0 saturated carbocycles. The molecule has 0 spiro atoms. The molecule has 1 unspecified atom stereocenters. The molecule has 6 heterocycles. The minimum absolute atomic E-state index is 0.318. The Morgan fingerprint density at radius 2 is 1.71 bits per heavy atom. The van der Waals surface area contributed by atoms with Crippen LogP contribution < -0.4 is 9.80 Å². The van der Waals surface area contributed by atoms with Gasteiger partial charge < -0.3 is 14.5 Å². The van der Waals surface area contributed by atoms with Gasteiger partial charge in [-0.2, -0.15) is 10.2 Å². The Kier molecular flexibility index (Phi) is 5.62. The molecule has 9 nitrogen and oxygen atoms in total. The van der Waals surface area contributed by atoms with E-state index in [0.717, 1.165) is 73.8 Å². The fraction of sp³-hybridized carbons (Fsp3) is 0.440. The molecule has 0 aliphatic carbocycles. The monoisotopic (exact) mass is 458 g/mol. The number of fused-ring (bicyclic) bond motifs is 1. The molecule has 2 aliphatic heterocycles. The minimum Gasteiger partial charge on any atom is -0.378 e. The fourth-order valence-corrected chi connectivity index (χ4v) is 4.95. The summed E-state index contributed by atoms with van der Waals surface area (Å²) in [4.78, 5) is 14.0. The third-order valence-electron chi connectivity index (χ3n) is 6.87. The molecule has 0 radical (unpaired) electrons. The molecule has 2 saturated heterocycles. The van der Waals surface area contributed by atoms with Gasteiger partial charge in [0.1, 0.15) is 0 Å². The quantitative estimate of drug-likeness (QED) is 0.455. The molecular weight excluding hydrogens is 428 g/mol. The van der Waals surface area contributed by atoms with Crippen LogP contribution in [-0.2, 0) is 18.2 Å². The number of hydrogen-bond donors (Lipinski definition) is 0. The van der Waals surface area contributed by atoms with Gasteiger partial charge in [-0.15, -0.1) is 0 Å². The van der Waals surface area contributed by atoms with Gasteiger partial charge in [-0.25, -0.2) is 14.5 Å². The first-order valence-corrected chi connectivity index (χ1v) is 12.1. The highest BCUT2D eigenvalue weighted by Gasteiger charge is 2.22. The summed E-state index contributed by atoms with van der Waals surface area (Å²) in [5.41, 5.74) is 5.64. The summed E-state index contributed by atoms with van der Waals surface area (Å²) in [6, 6.07) is 4.29. The van der Waals surface area contributed by atoms with Crippen molar-refractivity contribution in [3.8, 4) is 11.1 Å². The summed E-state index contributed by atoms with van der Waals surface area (Å²) < 4.78 is 9.63. The zero-order valence-electron chi connectivity index (χ0n) is 19.5. The van der Waals surface area contributed by atoms with E-state index in [4.69, 9.17) is 4.74 Å². The first-order valence-electron chi connectivity index (χ1n) is 12.1. The Hall–Kier alpha value is -3.46. The summed E-state index contributed by atoms with van der Waals surface area (Å²) in [5, 5.41) is 8.89. The van der Waals surface area contributed by atoms with Crippen LogP contribution in [0.5, 0.6) is 0 Å². The normalized spacial score (nSPS) is 19.1. The highest BCUT2D eigenvalue weighted by Crippen LogP contribution is 2.27. The second-order valence-electron chi connectivity index (χ2n) is 9.24. The van der Waals surface area contributed by atoms with E-state index in [-0.39, 0.29) is 0 Å². The summed E-state index contributed by atoms with van der Waals surface area (Å²) in [7, 11) is 1.93. The van der Waals surface area contributed by atoms with Crippen LogP contribution in [0, 0.1) is 0 Å². The Bertz CT molecular complexity index is 1250. The number of anilines is 2. The number of aryl methyl sites for hydroxylation is 1. The standard InChI is InChI=1S/C25H30N8O/c1-30-17-21(15-28-30)20-5-6-23-24(16-29-33(23)18-20)31-7-9-32(10-8-31)25-26-13-19(14-27-25)12-22-4-2-3-11-34-22/h5-6,13-18,22H,2-4,7-12H2,1H3. The maximum absolute atomic E-state index is 5.85. The van der Waals surface area contributed by atoms with Gasteiger partial charge in [0.25, 0.3) is 0 Å². The van der Waals surface area contributed by atoms with Gasteiger partial charge >= 0.3 is 0 Å². The lowest BCUT2D eigenvalue weighted by molar-refractivity contribution is 0.0167. The maximum Gasteiger partial charge on any atom is 0.225 e. The van der Waals surface area contributed by atoms with Crippen molar-refractivity contribution in [2.75, 3.05) is 42.6 Å². The minimum atomic E-state index is 0.318. The molecule has 0 amide bonds. The maximum atomic E-state index is 5.85. The first kappa shape index (κ1) is 21.1. The summed E-state index contributed by atoms with van der Waals surface area (Å²) in [5.74, 6) is 0.814. The van der Waals surface area contributed by atoms with Crippen molar-refractivity contribution in [2.45, 2.75) is 31.8 Å². The number of ether oxygens (including phenoxy) is 1. The molecule has 4 aromatic heterocycles. The van der Waals surface area contributed by atoms with Crippen LogP contribution in [0.2, 0.25) is 0 Å². The van der Waals surface area contributed by atoms with Crippen LogP contribution >= 0.6 is 0 Å². The second-order valence-corrected chi connectivity index (χ2v) is 9.24. The van der Waals surface area contributed by atoms with E-state index in [2.05, 4.69) is 48.3 Å².